The standard InChI is InChI=1S/C16H23N3O2S/c1-10(16(21)19-15(9-17)12-3-4-12)22-14-7-5-13(6-8-14)18-11(2)20/h5-8,10,12,15H,3-4,9,17H2,1-2H3,(H,18,20)(H,19,21). The van der Waals surface area contributed by atoms with E-state index in [0.717, 1.165) is 23.4 Å². The van der Waals surface area contributed by atoms with Crippen molar-refractivity contribution >= 4 is 29.3 Å². The Morgan fingerprint density at radius 2 is 1.95 bits per heavy atom. The summed E-state index contributed by atoms with van der Waals surface area (Å²) in [6, 6.07) is 7.59. The lowest BCUT2D eigenvalue weighted by Crippen LogP contribution is -2.44. The molecule has 0 saturated heterocycles. The Bertz CT molecular complexity index is 529. The molecule has 2 rings (SSSR count). The van der Waals surface area contributed by atoms with Crippen LogP contribution < -0.4 is 16.4 Å². The lowest BCUT2D eigenvalue weighted by molar-refractivity contribution is -0.121. The average Bonchev–Trinajstić information content (AvgIpc) is 3.30. The molecule has 2 atom stereocenters. The van der Waals surface area contributed by atoms with E-state index in [0.29, 0.717) is 12.5 Å². The highest BCUT2D eigenvalue weighted by Gasteiger charge is 2.32. The molecule has 0 aliphatic heterocycles. The van der Waals surface area contributed by atoms with Crippen LogP contribution in [0.1, 0.15) is 26.7 Å². The second-order valence-corrected chi connectivity index (χ2v) is 7.07. The third-order valence-electron chi connectivity index (χ3n) is 3.63. The molecule has 4 N–H and O–H groups in total. The van der Waals surface area contributed by atoms with Crippen LogP contribution in [0, 0.1) is 5.92 Å². The molecule has 2 unspecified atom stereocenters. The molecule has 0 spiro atoms. The molecule has 0 radical (unpaired) electrons. The van der Waals surface area contributed by atoms with E-state index >= 15 is 0 Å². The third-order valence-corrected chi connectivity index (χ3v) is 4.74. The van der Waals surface area contributed by atoms with E-state index in [1.807, 2.05) is 31.2 Å². The normalized spacial score (nSPS) is 16.7. The summed E-state index contributed by atoms with van der Waals surface area (Å²) >= 11 is 1.50. The molecule has 5 nitrogen and oxygen atoms in total. The number of carbonyl (C=O) groups excluding carboxylic acids is 2. The molecule has 1 saturated carbocycles. The van der Waals surface area contributed by atoms with Gasteiger partial charge in [-0.3, -0.25) is 9.59 Å². The van der Waals surface area contributed by atoms with Crippen LogP contribution in [0.5, 0.6) is 0 Å². The maximum absolute atomic E-state index is 12.2. The summed E-state index contributed by atoms with van der Waals surface area (Å²) in [5, 5.41) is 5.58. The van der Waals surface area contributed by atoms with Gasteiger partial charge in [-0.2, -0.15) is 0 Å². The first-order valence-electron chi connectivity index (χ1n) is 7.54. The van der Waals surface area contributed by atoms with E-state index in [4.69, 9.17) is 5.73 Å². The zero-order chi connectivity index (χ0) is 16.1. The van der Waals surface area contributed by atoms with Crippen molar-refractivity contribution in [3.05, 3.63) is 24.3 Å². The molecule has 0 bridgehead atoms. The molecule has 0 heterocycles. The lowest BCUT2D eigenvalue weighted by atomic mass is 10.2. The van der Waals surface area contributed by atoms with Gasteiger partial charge in [-0.15, -0.1) is 11.8 Å². The number of nitrogens with two attached hydrogens (primary N) is 1. The van der Waals surface area contributed by atoms with Crippen LogP contribution in [0.25, 0.3) is 0 Å². The van der Waals surface area contributed by atoms with Crippen LogP contribution >= 0.6 is 11.8 Å². The van der Waals surface area contributed by atoms with Gasteiger partial charge in [-0.05, 0) is 49.9 Å². The fourth-order valence-electron chi connectivity index (χ4n) is 2.25. The van der Waals surface area contributed by atoms with E-state index in [2.05, 4.69) is 10.6 Å². The Balaban J connectivity index is 1.86. The van der Waals surface area contributed by atoms with Crippen molar-refractivity contribution in [3.63, 3.8) is 0 Å². The van der Waals surface area contributed by atoms with Gasteiger partial charge in [-0.1, -0.05) is 0 Å². The predicted octanol–water partition coefficient (Wildman–Crippen LogP) is 1.98. The van der Waals surface area contributed by atoms with Gasteiger partial charge < -0.3 is 16.4 Å². The molecule has 2 amide bonds. The molecule has 1 aromatic rings. The molecular formula is C16H23N3O2S. The summed E-state index contributed by atoms with van der Waals surface area (Å²) in [7, 11) is 0. The van der Waals surface area contributed by atoms with Crippen molar-refractivity contribution in [3.8, 4) is 0 Å². The highest BCUT2D eigenvalue weighted by molar-refractivity contribution is 8.00. The van der Waals surface area contributed by atoms with E-state index in [9.17, 15) is 9.59 Å². The smallest absolute Gasteiger partial charge is 0.233 e. The fraction of sp³-hybridized carbons (Fsp3) is 0.500. The topological polar surface area (TPSA) is 84.2 Å². The minimum absolute atomic E-state index is 0.0262. The molecule has 120 valence electrons. The minimum Gasteiger partial charge on any atom is -0.351 e. The maximum Gasteiger partial charge on any atom is 0.233 e. The summed E-state index contributed by atoms with van der Waals surface area (Å²) in [6.07, 6.45) is 2.32. The Morgan fingerprint density at radius 1 is 1.32 bits per heavy atom. The van der Waals surface area contributed by atoms with Gasteiger partial charge in [0.15, 0.2) is 0 Å². The largest absolute Gasteiger partial charge is 0.351 e. The van der Waals surface area contributed by atoms with Crippen LogP contribution in [0.2, 0.25) is 0 Å². The lowest BCUT2D eigenvalue weighted by Gasteiger charge is -2.19. The van der Waals surface area contributed by atoms with Crippen molar-refractivity contribution in [2.24, 2.45) is 11.7 Å². The van der Waals surface area contributed by atoms with Crippen molar-refractivity contribution < 1.29 is 9.59 Å². The summed E-state index contributed by atoms with van der Waals surface area (Å²) in [5.74, 6) is 0.488. The highest BCUT2D eigenvalue weighted by atomic mass is 32.2. The summed E-state index contributed by atoms with van der Waals surface area (Å²) in [5.41, 5.74) is 6.47. The summed E-state index contributed by atoms with van der Waals surface area (Å²) in [4.78, 5) is 24.2. The van der Waals surface area contributed by atoms with Crippen LogP contribution in [0.15, 0.2) is 29.2 Å². The molecule has 1 aliphatic rings. The summed E-state index contributed by atoms with van der Waals surface area (Å²) < 4.78 is 0. The Labute approximate surface area is 135 Å². The van der Waals surface area contributed by atoms with Gasteiger partial charge in [-0.25, -0.2) is 0 Å². The van der Waals surface area contributed by atoms with Gasteiger partial charge in [0, 0.05) is 30.1 Å². The minimum atomic E-state index is -0.181. The SMILES string of the molecule is CC(=O)Nc1ccc(SC(C)C(=O)NC(CN)C2CC2)cc1. The summed E-state index contributed by atoms with van der Waals surface area (Å²) in [6.45, 7) is 3.87. The fourth-order valence-corrected chi connectivity index (χ4v) is 3.12. The number of amides is 2. The highest BCUT2D eigenvalue weighted by Crippen LogP contribution is 2.32. The Kier molecular flexibility index (Phi) is 5.85. The first-order chi connectivity index (χ1) is 10.5. The van der Waals surface area contributed by atoms with Crippen molar-refractivity contribution in [1.82, 2.24) is 5.32 Å². The van der Waals surface area contributed by atoms with Gasteiger partial charge >= 0.3 is 0 Å². The molecular weight excluding hydrogens is 298 g/mol. The zero-order valence-corrected chi connectivity index (χ0v) is 13.8. The molecule has 1 aromatic carbocycles. The molecule has 1 fully saturated rings. The third kappa shape index (κ3) is 5.03. The predicted molar refractivity (Wildman–Crippen MR) is 89.8 cm³/mol. The first-order valence-corrected chi connectivity index (χ1v) is 8.42. The van der Waals surface area contributed by atoms with Crippen LogP contribution in [-0.4, -0.2) is 29.7 Å². The van der Waals surface area contributed by atoms with E-state index in [-0.39, 0.29) is 23.1 Å². The van der Waals surface area contributed by atoms with Crippen molar-refractivity contribution in [2.45, 2.75) is 42.9 Å². The van der Waals surface area contributed by atoms with E-state index in [1.54, 1.807) is 0 Å². The van der Waals surface area contributed by atoms with E-state index < -0.39 is 0 Å². The quantitative estimate of drug-likeness (QED) is 0.671. The second-order valence-electron chi connectivity index (χ2n) is 5.65. The van der Waals surface area contributed by atoms with Gasteiger partial charge in [0.05, 0.1) is 5.25 Å². The number of thioether (sulfide) groups is 1. The Hall–Kier alpha value is -1.53. The Morgan fingerprint density at radius 3 is 2.45 bits per heavy atom. The number of hydrogen-bond acceptors (Lipinski definition) is 4. The second kappa shape index (κ2) is 7.65. The van der Waals surface area contributed by atoms with Crippen LogP contribution in [0.3, 0.4) is 0 Å². The van der Waals surface area contributed by atoms with E-state index in [1.165, 1.54) is 18.7 Å². The molecule has 1 aliphatic carbocycles. The number of benzene rings is 1. The average molecular weight is 321 g/mol. The number of carbonyl (C=O) groups is 2. The molecule has 22 heavy (non-hydrogen) atoms. The number of rotatable bonds is 7. The van der Waals surface area contributed by atoms with Crippen LogP contribution in [0.4, 0.5) is 5.69 Å². The van der Waals surface area contributed by atoms with Crippen molar-refractivity contribution in [2.75, 3.05) is 11.9 Å². The van der Waals surface area contributed by atoms with Gasteiger partial charge in [0.2, 0.25) is 11.8 Å². The number of nitrogens with one attached hydrogen (secondary N) is 2. The zero-order valence-electron chi connectivity index (χ0n) is 13.0. The number of anilines is 1. The molecule has 6 heteroatoms. The maximum atomic E-state index is 12.2. The first kappa shape index (κ1) is 16.8. The van der Waals surface area contributed by atoms with Crippen molar-refractivity contribution in [1.29, 1.82) is 0 Å². The number of hydrogen-bond donors (Lipinski definition) is 3. The van der Waals surface area contributed by atoms with Gasteiger partial charge in [0.25, 0.3) is 0 Å². The monoisotopic (exact) mass is 321 g/mol. The molecule has 0 aromatic heterocycles. The van der Waals surface area contributed by atoms with Gasteiger partial charge in [0.1, 0.15) is 0 Å². The van der Waals surface area contributed by atoms with Crippen LogP contribution in [-0.2, 0) is 9.59 Å².